The van der Waals surface area contributed by atoms with E-state index in [0.717, 1.165) is 18.6 Å². The number of nitrogen functional groups attached to an aromatic ring is 2. The van der Waals surface area contributed by atoms with Gasteiger partial charge in [0.2, 0.25) is 0 Å². The summed E-state index contributed by atoms with van der Waals surface area (Å²) < 4.78 is 94.2. The van der Waals surface area contributed by atoms with Crippen molar-refractivity contribution in [2.24, 2.45) is 0 Å². The molecule has 4 N–H and O–H groups in total. The van der Waals surface area contributed by atoms with E-state index in [2.05, 4.69) is 26.4 Å². The standard InChI is InChI=1S/C40H44F5N9O4/c1-21-17-39(9-8-24(54(39)18-21)19-57-38(55)52-12-14-56-15-13-52)20-58-37-50-33-28-27(7-5-11-53(36(28)51-37)23(3)25-6-4-10-48-35(25)47)49-34(32(33)42)29-30(40(43,44)45)22(2)16-26(46)31(29)41/h4,6,10,16,23-24H,1,5,7-9,11-15,17-20,46H2,2-3H3,(H2,47,48). The second-order valence-electron chi connectivity index (χ2n) is 15.5. The summed E-state index contributed by atoms with van der Waals surface area (Å²) in [5.41, 5.74) is 8.69. The van der Waals surface area contributed by atoms with Crippen LogP contribution in [0.4, 0.5) is 44.1 Å². The van der Waals surface area contributed by atoms with Crippen LogP contribution in [0.3, 0.4) is 0 Å². The molecule has 8 rings (SSSR count). The number of alkyl halides is 3. The Morgan fingerprint density at radius 1 is 1.14 bits per heavy atom. The number of hydrogen-bond donors (Lipinski definition) is 2. The number of amides is 1. The van der Waals surface area contributed by atoms with Crippen LogP contribution < -0.4 is 21.1 Å². The number of aromatic nitrogens is 4. The molecule has 3 aromatic heterocycles. The van der Waals surface area contributed by atoms with E-state index < -0.39 is 58.0 Å². The number of halogens is 5. The maximum Gasteiger partial charge on any atom is 0.417 e. The van der Waals surface area contributed by atoms with Crippen LogP contribution in [-0.2, 0) is 22.1 Å². The molecule has 0 spiro atoms. The Hall–Kier alpha value is -5.36. The highest BCUT2D eigenvalue weighted by atomic mass is 19.4. The number of ether oxygens (including phenoxy) is 3. The van der Waals surface area contributed by atoms with Crippen molar-refractivity contribution >= 4 is 34.3 Å². The summed E-state index contributed by atoms with van der Waals surface area (Å²) in [6.45, 7) is 10.2. The predicted octanol–water partition coefficient (Wildman–Crippen LogP) is 6.38. The van der Waals surface area contributed by atoms with E-state index >= 15 is 8.78 Å². The molecule has 4 aromatic rings. The van der Waals surface area contributed by atoms with Gasteiger partial charge in [0.1, 0.15) is 36.1 Å². The number of carbonyl (C=O) groups is 1. The second-order valence-corrected chi connectivity index (χ2v) is 15.5. The van der Waals surface area contributed by atoms with Gasteiger partial charge in [-0.05, 0) is 63.6 Å². The van der Waals surface area contributed by atoms with Crippen molar-refractivity contribution in [1.82, 2.24) is 29.7 Å². The Bertz CT molecular complexity index is 2290. The topological polar surface area (TPSA) is 158 Å². The van der Waals surface area contributed by atoms with E-state index in [1.165, 1.54) is 0 Å². The summed E-state index contributed by atoms with van der Waals surface area (Å²) in [6.07, 6.45) is -1.35. The summed E-state index contributed by atoms with van der Waals surface area (Å²) in [7, 11) is 0. The number of carbonyl (C=O) groups excluding carboxylic acids is 1. The van der Waals surface area contributed by atoms with Crippen LogP contribution in [0.2, 0.25) is 0 Å². The molecule has 0 saturated carbocycles. The molecule has 4 aliphatic heterocycles. The number of benzene rings is 1. The van der Waals surface area contributed by atoms with Gasteiger partial charge in [0.25, 0.3) is 0 Å². The molecule has 0 aliphatic carbocycles. The molecule has 3 atom stereocenters. The maximum absolute atomic E-state index is 17.2. The van der Waals surface area contributed by atoms with Crippen molar-refractivity contribution in [3.63, 3.8) is 0 Å². The minimum Gasteiger partial charge on any atom is -0.461 e. The van der Waals surface area contributed by atoms with Crippen molar-refractivity contribution in [1.29, 1.82) is 0 Å². The highest BCUT2D eigenvalue weighted by Crippen LogP contribution is 2.47. The van der Waals surface area contributed by atoms with Crippen molar-refractivity contribution < 1.29 is 41.0 Å². The molecule has 1 amide bonds. The third-order valence-electron chi connectivity index (χ3n) is 11.8. The zero-order chi connectivity index (χ0) is 41.1. The Kier molecular flexibility index (Phi) is 10.3. The molecule has 0 bridgehead atoms. The quantitative estimate of drug-likeness (QED) is 0.115. The molecule has 3 fully saturated rings. The van der Waals surface area contributed by atoms with Crippen molar-refractivity contribution in [3.8, 4) is 17.3 Å². The minimum atomic E-state index is -5.07. The van der Waals surface area contributed by atoms with Crippen LogP contribution in [-0.4, -0.2) is 100 Å². The predicted molar refractivity (Wildman–Crippen MR) is 205 cm³/mol. The number of nitrogens with two attached hydrogens (primary N) is 2. The number of aryl methyl sites for hydroxylation is 2. The van der Waals surface area contributed by atoms with Gasteiger partial charge in [-0.1, -0.05) is 18.2 Å². The smallest absolute Gasteiger partial charge is 0.417 e. The maximum atomic E-state index is 17.2. The fourth-order valence-electron chi connectivity index (χ4n) is 9.04. The molecule has 0 radical (unpaired) electrons. The van der Waals surface area contributed by atoms with Gasteiger partial charge < -0.3 is 35.5 Å². The first-order valence-electron chi connectivity index (χ1n) is 19.3. The lowest BCUT2D eigenvalue weighted by atomic mass is 9.94. The van der Waals surface area contributed by atoms with E-state index in [1.54, 1.807) is 17.2 Å². The first kappa shape index (κ1) is 39.5. The van der Waals surface area contributed by atoms with E-state index in [1.807, 2.05) is 17.9 Å². The first-order chi connectivity index (χ1) is 27.7. The molecule has 18 heteroatoms. The summed E-state index contributed by atoms with van der Waals surface area (Å²) in [4.78, 5) is 36.5. The lowest BCUT2D eigenvalue weighted by molar-refractivity contribution is -0.137. The van der Waals surface area contributed by atoms with Crippen LogP contribution in [0.1, 0.15) is 61.0 Å². The summed E-state index contributed by atoms with van der Waals surface area (Å²) >= 11 is 0. The van der Waals surface area contributed by atoms with Gasteiger partial charge in [-0.3, -0.25) is 4.90 Å². The molecular weight excluding hydrogens is 765 g/mol. The molecule has 4 aliphatic rings. The van der Waals surface area contributed by atoms with E-state index in [-0.39, 0.29) is 65.5 Å². The largest absolute Gasteiger partial charge is 0.461 e. The number of fused-ring (bicyclic) bond motifs is 1. The molecule has 13 nitrogen and oxygen atoms in total. The van der Waals surface area contributed by atoms with Crippen molar-refractivity contribution in [2.75, 3.05) is 69.0 Å². The van der Waals surface area contributed by atoms with E-state index in [4.69, 9.17) is 30.7 Å². The summed E-state index contributed by atoms with van der Waals surface area (Å²) in [6, 6.07) is 3.61. The van der Waals surface area contributed by atoms with Gasteiger partial charge in [0.15, 0.2) is 11.6 Å². The zero-order valence-electron chi connectivity index (χ0n) is 32.2. The van der Waals surface area contributed by atoms with Crippen molar-refractivity contribution in [2.45, 2.75) is 69.8 Å². The SMILES string of the molecule is C=C1CN2C(COC(=O)N3CCOCC3)CCC2(COc2nc3c4c(nc(-c5c(F)c(N)cc(C)c5C(F)(F)F)c(F)c4n2)CCCN3C(C)c2cccnc2N)C1. The fourth-order valence-corrected chi connectivity index (χ4v) is 9.04. The molecule has 308 valence electrons. The van der Waals surface area contributed by atoms with E-state index in [9.17, 15) is 18.0 Å². The lowest BCUT2D eigenvalue weighted by Gasteiger charge is -2.34. The van der Waals surface area contributed by atoms with Gasteiger partial charge in [-0.25, -0.2) is 23.5 Å². The zero-order valence-corrected chi connectivity index (χ0v) is 32.2. The fraction of sp³-hybridized carbons (Fsp3) is 0.475. The average Bonchev–Trinajstić information content (AvgIpc) is 3.62. The average molecular weight is 810 g/mol. The number of rotatable bonds is 8. The van der Waals surface area contributed by atoms with Crippen molar-refractivity contribution in [3.05, 3.63) is 70.6 Å². The van der Waals surface area contributed by atoms with Gasteiger partial charge in [0, 0.05) is 44.0 Å². The van der Waals surface area contributed by atoms with Crippen LogP contribution in [0.15, 0.2) is 36.5 Å². The molecule has 58 heavy (non-hydrogen) atoms. The third-order valence-corrected chi connectivity index (χ3v) is 11.8. The number of hydrogen-bond acceptors (Lipinski definition) is 12. The number of pyridine rings is 2. The lowest BCUT2D eigenvalue weighted by Crippen LogP contribution is -2.48. The molecular formula is C40H44F5N9O4. The molecule has 3 unspecified atom stereocenters. The molecule has 3 saturated heterocycles. The minimum absolute atomic E-state index is 0.0453. The Labute approximate surface area is 331 Å². The second kappa shape index (κ2) is 15.1. The highest BCUT2D eigenvalue weighted by molar-refractivity contribution is 5.95. The van der Waals surface area contributed by atoms with Gasteiger partial charge in [-0.15, -0.1) is 0 Å². The summed E-state index contributed by atoms with van der Waals surface area (Å²) in [5, 5.41) is 0.159. The number of anilines is 3. The van der Waals surface area contributed by atoms with Crippen LogP contribution >= 0.6 is 0 Å². The Morgan fingerprint density at radius 3 is 2.66 bits per heavy atom. The van der Waals surface area contributed by atoms with Gasteiger partial charge in [0.05, 0.1) is 52.7 Å². The van der Waals surface area contributed by atoms with Gasteiger partial charge >= 0.3 is 18.3 Å². The Balaban J connectivity index is 1.20. The third kappa shape index (κ3) is 6.99. The van der Waals surface area contributed by atoms with E-state index in [0.29, 0.717) is 70.6 Å². The molecule has 7 heterocycles. The van der Waals surface area contributed by atoms with Crippen LogP contribution in [0.25, 0.3) is 22.2 Å². The Morgan fingerprint density at radius 2 is 1.91 bits per heavy atom. The highest BCUT2D eigenvalue weighted by Gasteiger charge is 2.52. The summed E-state index contributed by atoms with van der Waals surface area (Å²) in [5.74, 6) is -2.22. The monoisotopic (exact) mass is 809 g/mol. The van der Waals surface area contributed by atoms with Crippen LogP contribution in [0, 0.1) is 18.6 Å². The number of nitrogens with zero attached hydrogens (tertiary/aromatic N) is 7. The normalized spacial score (nSPS) is 21.6. The van der Waals surface area contributed by atoms with Crippen LogP contribution in [0.5, 0.6) is 6.01 Å². The molecule has 1 aromatic carbocycles. The van der Waals surface area contributed by atoms with Gasteiger partial charge in [-0.2, -0.15) is 23.1 Å². The first-order valence-corrected chi connectivity index (χ1v) is 19.3. The number of morpholine rings is 1.